The molecule has 0 aliphatic carbocycles. The van der Waals surface area contributed by atoms with E-state index in [-0.39, 0.29) is 12.0 Å². The third kappa shape index (κ3) is 3.14. The summed E-state index contributed by atoms with van der Waals surface area (Å²) in [5.74, 6) is -0.156. The fraction of sp³-hybridized carbons (Fsp3) is 0.278. The van der Waals surface area contributed by atoms with Crippen molar-refractivity contribution >= 4 is 22.5 Å². The highest BCUT2D eigenvalue weighted by atomic mass is 16.5. The summed E-state index contributed by atoms with van der Waals surface area (Å²) >= 11 is 0. The first-order valence-corrected chi connectivity index (χ1v) is 8.08. The van der Waals surface area contributed by atoms with Gasteiger partial charge in [-0.05, 0) is 43.2 Å². The van der Waals surface area contributed by atoms with Gasteiger partial charge in [-0.1, -0.05) is 0 Å². The molecule has 3 heterocycles. The van der Waals surface area contributed by atoms with Gasteiger partial charge in [0.1, 0.15) is 0 Å². The molecule has 2 aromatic heterocycles. The average Bonchev–Trinajstić information content (AvgIpc) is 3.24. The number of pyridine rings is 1. The standard InChI is InChI=1S/C18H18N4O2/c23-18(20-15-3-1-7-19-10-15)13-5-6-17-14(9-13)11-22(21-17)12-16-4-2-8-24-16/h1,3,5-7,9-11,16H,2,4,8,12H2,(H,20,23). The summed E-state index contributed by atoms with van der Waals surface area (Å²) in [7, 11) is 0. The van der Waals surface area contributed by atoms with Crippen molar-refractivity contribution < 1.29 is 9.53 Å². The van der Waals surface area contributed by atoms with Gasteiger partial charge in [0.05, 0.1) is 30.0 Å². The number of rotatable bonds is 4. The number of carbonyl (C=O) groups is 1. The number of hydrogen-bond donors (Lipinski definition) is 1. The smallest absolute Gasteiger partial charge is 0.255 e. The molecule has 0 spiro atoms. The van der Waals surface area contributed by atoms with Crippen LogP contribution in [0.25, 0.3) is 10.9 Å². The minimum atomic E-state index is -0.156. The number of nitrogens with one attached hydrogen (secondary N) is 1. The minimum absolute atomic E-state index is 0.156. The molecule has 122 valence electrons. The summed E-state index contributed by atoms with van der Waals surface area (Å²) in [6.45, 7) is 1.59. The van der Waals surface area contributed by atoms with Crippen LogP contribution in [0.3, 0.4) is 0 Å². The van der Waals surface area contributed by atoms with E-state index in [0.717, 1.165) is 36.9 Å². The fourth-order valence-corrected chi connectivity index (χ4v) is 2.95. The number of fused-ring (bicyclic) bond motifs is 1. The van der Waals surface area contributed by atoms with E-state index in [1.54, 1.807) is 24.5 Å². The van der Waals surface area contributed by atoms with Crippen molar-refractivity contribution in [1.29, 1.82) is 0 Å². The van der Waals surface area contributed by atoms with Crippen molar-refractivity contribution in [3.63, 3.8) is 0 Å². The largest absolute Gasteiger partial charge is 0.376 e. The van der Waals surface area contributed by atoms with Crippen LogP contribution in [0.2, 0.25) is 0 Å². The van der Waals surface area contributed by atoms with Crippen LogP contribution < -0.4 is 5.32 Å². The Morgan fingerprint density at radius 3 is 3.12 bits per heavy atom. The van der Waals surface area contributed by atoms with Crippen molar-refractivity contribution in [2.24, 2.45) is 0 Å². The Labute approximate surface area is 139 Å². The lowest BCUT2D eigenvalue weighted by Gasteiger charge is -2.08. The molecule has 0 saturated carbocycles. The summed E-state index contributed by atoms with van der Waals surface area (Å²) in [5.41, 5.74) is 2.16. The number of amides is 1. The van der Waals surface area contributed by atoms with Gasteiger partial charge in [-0.3, -0.25) is 14.5 Å². The number of nitrogens with zero attached hydrogens (tertiary/aromatic N) is 3. The van der Waals surface area contributed by atoms with E-state index in [4.69, 9.17) is 4.74 Å². The van der Waals surface area contributed by atoms with Gasteiger partial charge in [0.25, 0.3) is 5.91 Å². The van der Waals surface area contributed by atoms with Crippen LogP contribution in [-0.4, -0.2) is 33.4 Å². The summed E-state index contributed by atoms with van der Waals surface area (Å²) in [5, 5.41) is 8.35. The van der Waals surface area contributed by atoms with Crippen LogP contribution >= 0.6 is 0 Å². The molecule has 1 saturated heterocycles. The zero-order chi connectivity index (χ0) is 16.4. The summed E-state index contributed by atoms with van der Waals surface area (Å²) in [6.07, 6.45) is 7.70. The molecular formula is C18H18N4O2. The lowest BCUT2D eigenvalue weighted by molar-refractivity contribution is 0.0942. The summed E-state index contributed by atoms with van der Waals surface area (Å²) < 4.78 is 7.56. The Morgan fingerprint density at radius 2 is 2.33 bits per heavy atom. The zero-order valence-corrected chi connectivity index (χ0v) is 13.2. The van der Waals surface area contributed by atoms with Crippen LogP contribution in [0.4, 0.5) is 5.69 Å². The third-order valence-electron chi connectivity index (χ3n) is 4.15. The van der Waals surface area contributed by atoms with Crippen molar-refractivity contribution in [1.82, 2.24) is 14.8 Å². The van der Waals surface area contributed by atoms with Crippen molar-refractivity contribution in [3.8, 4) is 0 Å². The first kappa shape index (κ1) is 14.8. The van der Waals surface area contributed by atoms with Gasteiger partial charge in [-0.2, -0.15) is 5.10 Å². The number of ether oxygens (including phenoxy) is 1. The second kappa shape index (κ2) is 6.41. The Kier molecular flexibility index (Phi) is 3.96. The molecule has 1 aliphatic heterocycles. The van der Waals surface area contributed by atoms with Crippen molar-refractivity contribution in [2.45, 2.75) is 25.5 Å². The van der Waals surface area contributed by atoms with Crippen molar-refractivity contribution in [2.75, 3.05) is 11.9 Å². The average molecular weight is 322 g/mol. The van der Waals surface area contributed by atoms with Gasteiger partial charge in [0, 0.05) is 30.0 Å². The highest BCUT2D eigenvalue weighted by Crippen LogP contribution is 2.18. The maximum Gasteiger partial charge on any atom is 0.255 e. The predicted octanol–water partition coefficient (Wildman–Crippen LogP) is 2.86. The lowest BCUT2D eigenvalue weighted by atomic mass is 10.1. The first-order valence-electron chi connectivity index (χ1n) is 8.08. The van der Waals surface area contributed by atoms with Crippen molar-refractivity contribution in [3.05, 3.63) is 54.5 Å². The van der Waals surface area contributed by atoms with Gasteiger partial charge in [0.15, 0.2) is 0 Å². The number of carbonyl (C=O) groups excluding carboxylic acids is 1. The maximum absolute atomic E-state index is 12.4. The number of benzene rings is 1. The zero-order valence-electron chi connectivity index (χ0n) is 13.2. The maximum atomic E-state index is 12.4. The van der Waals surface area contributed by atoms with Gasteiger partial charge in [0.2, 0.25) is 0 Å². The van der Waals surface area contributed by atoms with Crippen LogP contribution in [0, 0.1) is 0 Å². The minimum Gasteiger partial charge on any atom is -0.376 e. The quantitative estimate of drug-likeness (QED) is 0.802. The molecule has 1 unspecified atom stereocenters. The van der Waals surface area contributed by atoms with E-state index in [1.807, 2.05) is 29.1 Å². The van der Waals surface area contributed by atoms with Crippen LogP contribution in [-0.2, 0) is 11.3 Å². The normalized spacial score (nSPS) is 17.2. The molecule has 1 atom stereocenters. The number of hydrogen-bond acceptors (Lipinski definition) is 4. The molecule has 1 fully saturated rings. The predicted molar refractivity (Wildman–Crippen MR) is 90.9 cm³/mol. The van der Waals surface area contributed by atoms with Crippen LogP contribution in [0.1, 0.15) is 23.2 Å². The van der Waals surface area contributed by atoms with E-state index < -0.39 is 0 Å². The molecule has 6 heteroatoms. The highest BCUT2D eigenvalue weighted by Gasteiger charge is 2.17. The second-order valence-corrected chi connectivity index (χ2v) is 5.96. The highest BCUT2D eigenvalue weighted by molar-refractivity contribution is 6.06. The van der Waals surface area contributed by atoms with Gasteiger partial charge >= 0.3 is 0 Å². The van der Waals surface area contributed by atoms with Crippen LogP contribution in [0.15, 0.2) is 48.9 Å². The van der Waals surface area contributed by atoms with E-state index >= 15 is 0 Å². The lowest BCUT2D eigenvalue weighted by Crippen LogP contribution is -2.15. The molecule has 1 amide bonds. The van der Waals surface area contributed by atoms with Gasteiger partial charge in [-0.25, -0.2) is 0 Å². The monoisotopic (exact) mass is 322 g/mol. The molecule has 6 nitrogen and oxygen atoms in total. The molecule has 0 bridgehead atoms. The number of anilines is 1. The summed E-state index contributed by atoms with van der Waals surface area (Å²) in [6, 6.07) is 9.12. The van der Waals surface area contributed by atoms with Gasteiger partial charge < -0.3 is 10.1 Å². The topological polar surface area (TPSA) is 69.0 Å². The third-order valence-corrected chi connectivity index (χ3v) is 4.15. The van der Waals surface area contributed by atoms with Crippen LogP contribution in [0.5, 0.6) is 0 Å². The molecular weight excluding hydrogens is 304 g/mol. The molecule has 1 aromatic carbocycles. The molecule has 24 heavy (non-hydrogen) atoms. The Hall–Kier alpha value is -2.73. The van der Waals surface area contributed by atoms with E-state index in [0.29, 0.717) is 11.3 Å². The molecule has 1 aliphatic rings. The Balaban J connectivity index is 1.52. The second-order valence-electron chi connectivity index (χ2n) is 5.96. The molecule has 0 radical (unpaired) electrons. The Bertz CT molecular complexity index is 854. The van der Waals surface area contributed by atoms with Gasteiger partial charge in [-0.15, -0.1) is 0 Å². The molecule has 4 rings (SSSR count). The van der Waals surface area contributed by atoms with E-state index in [9.17, 15) is 4.79 Å². The first-order chi connectivity index (χ1) is 11.8. The fourth-order valence-electron chi connectivity index (χ4n) is 2.95. The Morgan fingerprint density at radius 1 is 1.38 bits per heavy atom. The molecule has 1 N–H and O–H groups in total. The molecule has 3 aromatic rings. The summed E-state index contributed by atoms with van der Waals surface area (Å²) in [4.78, 5) is 16.4. The number of aromatic nitrogens is 3. The van der Waals surface area contributed by atoms with E-state index in [1.165, 1.54) is 0 Å². The SMILES string of the molecule is O=C(Nc1cccnc1)c1ccc2nn(CC3CCCO3)cc2c1. The van der Waals surface area contributed by atoms with E-state index in [2.05, 4.69) is 15.4 Å².